The van der Waals surface area contributed by atoms with Crippen molar-refractivity contribution >= 4 is 59.6 Å². The standard InChI is InChI=1S/C49H43N3O2P2/c1-52(44-22-12-13-23-45(44)55(38-16-4-2-5-17-38)39-18-6-3-7-19-39)56-53-48-42(34-24-28-50-29-25-34)32-36-14-8-10-20-40(36)46(48)47-41-21-11-9-15-37(41)33-43(49(47)54-56)35-26-30-51-31-27-35/h2-7,12-13,16-19,22-33H,8-11,14-15,20-21H2,1H3. The van der Waals surface area contributed by atoms with Crippen LogP contribution in [0.1, 0.15) is 47.9 Å². The summed E-state index contributed by atoms with van der Waals surface area (Å²) in [7, 11) is -0.441. The van der Waals surface area contributed by atoms with E-state index in [9.17, 15) is 0 Å². The summed E-state index contributed by atoms with van der Waals surface area (Å²) in [6, 6.07) is 44.0. The number of hydrogen-bond acceptors (Lipinski definition) is 5. The Labute approximate surface area is 330 Å². The molecule has 8 aromatic rings. The zero-order valence-corrected chi connectivity index (χ0v) is 33.4. The molecule has 5 nitrogen and oxygen atoms in total. The van der Waals surface area contributed by atoms with Crippen LogP contribution in [0, 0.1) is 0 Å². The number of benzene rings is 5. The summed E-state index contributed by atoms with van der Waals surface area (Å²) in [4.78, 5) is 8.83. The predicted octanol–water partition coefficient (Wildman–Crippen LogP) is 11.8. The molecule has 0 saturated heterocycles. The third-order valence-electron chi connectivity index (χ3n) is 11.5. The van der Waals surface area contributed by atoms with Gasteiger partial charge in [-0.1, -0.05) is 78.9 Å². The molecule has 0 unspecified atom stereocenters. The highest BCUT2D eigenvalue weighted by molar-refractivity contribution is 7.80. The Balaban J connectivity index is 1.33. The van der Waals surface area contributed by atoms with E-state index in [1.807, 2.05) is 24.8 Å². The molecular weight excluding hydrogens is 725 g/mol. The zero-order valence-electron chi connectivity index (χ0n) is 31.6. The van der Waals surface area contributed by atoms with Crippen LogP contribution in [0.4, 0.5) is 5.69 Å². The molecule has 5 aromatic carbocycles. The number of para-hydroxylation sites is 1. The van der Waals surface area contributed by atoms with Crippen molar-refractivity contribution in [2.45, 2.75) is 51.4 Å². The lowest BCUT2D eigenvalue weighted by atomic mass is 9.81. The summed E-state index contributed by atoms with van der Waals surface area (Å²) in [5.74, 6) is 0. The molecule has 0 spiro atoms. The molecule has 0 fully saturated rings. The average Bonchev–Trinajstić information content (AvgIpc) is 3.46. The molecule has 2 aliphatic rings. The lowest BCUT2D eigenvalue weighted by Crippen LogP contribution is -2.24. The first kappa shape index (κ1) is 35.0. The number of aromatic nitrogens is 2. The molecule has 0 atom stereocenters. The summed E-state index contributed by atoms with van der Waals surface area (Å²) < 4.78 is 17.4. The van der Waals surface area contributed by atoms with E-state index in [0.29, 0.717) is 0 Å². The molecule has 0 N–H and O–H groups in total. The summed E-state index contributed by atoms with van der Waals surface area (Å²) in [6.45, 7) is 0. The topological polar surface area (TPSA) is 55.3 Å². The number of fused-ring (bicyclic) bond motifs is 7. The summed E-state index contributed by atoms with van der Waals surface area (Å²) in [5.41, 5.74) is 13.1. The van der Waals surface area contributed by atoms with E-state index in [4.69, 9.17) is 8.39 Å². The van der Waals surface area contributed by atoms with Gasteiger partial charge in [-0.05, 0) is 146 Å². The van der Waals surface area contributed by atoms with Crippen molar-refractivity contribution in [3.63, 3.8) is 0 Å². The van der Waals surface area contributed by atoms with Crippen LogP contribution in [0.2, 0.25) is 0 Å². The van der Waals surface area contributed by atoms with Gasteiger partial charge in [0.25, 0.3) is 0 Å². The van der Waals surface area contributed by atoms with Gasteiger partial charge in [0.1, 0.15) is 0 Å². The van der Waals surface area contributed by atoms with Crippen LogP contribution in [0.3, 0.4) is 0 Å². The maximum atomic E-state index is 7.58. The summed E-state index contributed by atoms with van der Waals surface area (Å²) >= 11 is 0. The normalized spacial score (nSPS) is 13.8. The first-order chi connectivity index (χ1) is 27.7. The summed E-state index contributed by atoms with van der Waals surface area (Å²) in [5, 5.41) is 6.35. The van der Waals surface area contributed by atoms with Crippen LogP contribution in [-0.4, -0.2) is 17.0 Å². The lowest BCUT2D eigenvalue weighted by Gasteiger charge is -2.25. The fourth-order valence-electron chi connectivity index (χ4n) is 8.87. The van der Waals surface area contributed by atoms with Gasteiger partial charge in [0.2, 0.25) is 0 Å². The van der Waals surface area contributed by atoms with Gasteiger partial charge in [-0.2, -0.15) is 0 Å². The second-order valence-electron chi connectivity index (χ2n) is 14.9. The van der Waals surface area contributed by atoms with E-state index in [1.54, 1.807) is 0 Å². The van der Waals surface area contributed by atoms with Gasteiger partial charge in [-0.3, -0.25) is 14.6 Å². The maximum absolute atomic E-state index is 7.58. The average molecular weight is 768 g/mol. The van der Waals surface area contributed by atoms with Gasteiger partial charge in [-0.25, -0.2) is 0 Å². The van der Waals surface area contributed by atoms with Crippen LogP contribution in [0.25, 0.3) is 44.2 Å². The number of nitrogens with zero attached hydrogens (tertiary/aromatic N) is 3. The Morgan fingerprint density at radius 1 is 0.536 bits per heavy atom. The smallest absolute Gasteiger partial charge is 0.341 e. The second-order valence-corrected chi connectivity index (χ2v) is 18.5. The number of aryl methyl sites for hydroxylation is 4. The van der Waals surface area contributed by atoms with Crippen molar-refractivity contribution in [2.24, 2.45) is 0 Å². The van der Waals surface area contributed by atoms with Gasteiger partial charge >= 0.3 is 8.16 Å². The van der Waals surface area contributed by atoms with E-state index >= 15 is 0 Å². The number of pyridine rings is 2. The Morgan fingerprint density at radius 3 is 1.48 bits per heavy atom. The fourth-order valence-corrected chi connectivity index (χ4v) is 12.8. The molecule has 276 valence electrons. The van der Waals surface area contributed by atoms with Crippen molar-refractivity contribution in [3.8, 4) is 22.3 Å². The highest BCUT2D eigenvalue weighted by Crippen LogP contribution is 2.50. The van der Waals surface area contributed by atoms with Crippen LogP contribution < -0.4 is 20.6 Å². The highest BCUT2D eigenvalue weighted by Gasteiger charge is 2.28. The highest BCUT2D eigenvalue weighted by atomic mass is 31.1. The molecule has 3 heterocycles. The maximum Gasteiger partial charge on any atom is 0.341 e. The van der Waals surface area contributed by atoms with E-state index in [2.05, 4.69) is 143 Å². The van der Waals surface area contributed by atoms with Crippen molar-refractivity contribution in [1.82, 2.24) is 9.97 Å². The molecule has 0 aliphatic heterocycles. The number of anilines is 1. The third kappa shape index (κ3) is 6.34. The molecule has 56 heavy (non-hydrogen) atoms. The largest absolute Gasteiger partial charge is 0.403 e. The van der Waals surface area contributed by atoms with Gasteiger partial charge in [0, 0.05) is 59.0 Å². The Kier molecular flexibility index (Phi) is 9.51. The van der Waals surface area contributed by atoms with Crippen molar-refractivity contribution in [3.05, 3.63) is 168 Å². The summed E-state index contributed by atoms with van der Waals surface area (Å²) in [6.07, 6.45) is 16.5. The molecule has 0 saturated carbocycles. The molecule has 0 bridgehead atoms. The van der Waals surface area contributed by atoms with Crippen LogP contribution in [0.5, 0.6) is 0 Å². The second kappa shape index (κ2) is 15.2. The predicted molar refractivity (Wildman–Crippen MR) is 235 cm³/mol. The Bertz CT molecular complexity index is 2560. The van der Waals surface area contributed by atoms with E-state index < -0.39 is 16.1 Å². The number of hydrogen-bond donors (Lipinski definition) is 0. The molecule has 10 rings (SSSR count). The minimum atomic E-state index is -1.72. The van der Waals surface area contributed by atoms with Crippen LogP contribution in [0.15, 0.2) is 155 Å². The van der Waals surface area contributed by atoms with Gasteiger partial charge < -0.3 is 8.39 Å². The Morgan fingerprint density at radius 2 is 0.982 bits per heavy atom. The monoisotopic (exact) mass is 767 g/mol. The molecule has 7 heteroatoms. The first-order valence-corrected chi connectivity index (χ1v) is 22.3. The number of rotatable bonds is 7. The molecular formula is C49H43N3O2P2. The van der Waals surface area contributed by atoms with Gasteiger partial charge in [0.15, 0.2) is 11.2 Å². The Hall–Kier alpha value is -5.47. The minimum Gasteiger partial charge on any atom is -0.403 e. The molecule has 2 aliphatic carbocycles. The first-order valence-electron chi connectivity index (χ1n) is 19.8. The van der Waals surface area contributed by atoms with Crippen molar-refractivity contribution in [1.29, 1.82) is 0 Å². The molecule has 0 amide bonds. The van der Waals surface area contributed by atoms with Crippen LogP contribution >= 0.6 is 16.1 Å². The van der Waals surface area contributed by atoms with Gasteiger partial charge in [-0.15, -0.1) is 0 Å². The third-order valence-corrected chi connectivity index (χ3v) is 15.4. The molecule has 3 aromatic heterocycles. The molecule has 0 radical (unpaired) electrons. The minimum absolute atomic E-state index is 0.887. The fraction of sp³-hybridized carbons (Fsp3) is 0.184. The zero-order chi connectivity index (χ0) is 37.4. The van der Waals surface area contributed by atoms with Crippen molar-refractivity contribution < 1.29 is 8.39 Å². The van der Waals surface area contributed by atoms with E-state index in [0.717, 1.165) is 64.8 Å². The van der Waals surface area contributed by atoms with Crippen LogP contribution in [-0.2, 0) is 25.7 Å². The quantitative estimate of drug-likeness (QED) is 0.151. The van der Waals surface area contributed by atoms with Gasteiger partial charge in [0.05, 0.1) is 5.69 Å². The lowest BCUT2D eigenvalue weighted by molar-refractivity contribution is 0.636. The van der Waals surface area contributed by atoms with Crippen molar-refractivity contribution in [2.75, 3.05) is 11.7 Å². The SMILES string of the molecule is CN(c1ccccc1P(c1ccccc1)c1ccccc1)p1oc2c(-c3ccncc3)cc3c(c2c2c4c(cc(-c5ccncc5)c2o1)CCCC4)CCCC3. The van der Waals surface area contributed by atoms with E-state index in [-0.39, 0.29) is 0 Å². The van der Waals surface area contributed by atoms with E-state index in [1.165, 1.54) is 74.6 Å².